The summed E-state index contributed by atoms with van der Waals surface area (Å²) in [5.41, 5.74) is 10.4. The molecule has 4 heterocycles. The number of rotatable bonds is 5. The SMILES string of the molecule is c1ccc(-c2nc(-c3ccccc3)nc(-c3ccc4c(c3)oc3ccc(-c5cccc6c5sc5cc(-n7c8ccccc8c8ccccc87)ccc56)cc34)n2)cc1. The highest BCUT2D eigenvalue weighted by Crippen LogP contribution is 2.43. The van der Waals surface area contributed by atoms with Crippen LogP contribution in [0.25, 0.3) is 115 Å². The molecular weight excluding hydrogens is 717 g/mol. The van der Waals surface area contributed by atoms with Crippen LogP contribution in [0.2, 0.25) is 0 Å². The lowest BCUT2D eigenvalue weighted by atomic mass is 10.0. The summed E-state index contributed by atoms with van der Waals surface area (Å²) < 4.78 is 11.4. The van der Waals surface area contributed by atoms with E-state index in [2.05, 4.69) is 126 Å². The van der Waals surface area contributed by atoms with Crippen LogP contribution in [0, 0.1) is 0 Å². The second-order valence-corrected chi connectivity index (χ2v) is 15.4. The lowest BCUT2D eigenvalue weighted by Crippen LogP contribution is -2.00. The highest BCUT2D eigenvalue weighted by atomic mass is 32.1. The maximum Gasteiger partial charge on any atom is 0.164 e. The van der Waals surface area contributed by atoms with Crippen molar-refractivity contribution in [3.05, 3.63) is 182 Å². The van der Waals surface area contributed by atoms with Gasteiger partial charge in [-0.3, -0.25) is 0 Å². The molecule has 8 aromatic carbocycles. The minimum atomic E-state index is 0.600. The van der Waals surface area contributed by atoms with Gasteiger partial charge in [-0.1, -0.05) is 133 Å². The smallest absolute Gasteiger partial charge is 0.164 e. The van der Waals surface area contributed by atoms with Crippen molar-refractivity contribution in [2.45, 2.75) is 0 Å². The second kappa shape index (κ2) is 12.6. The van der Waals surface area contributed by atoms with Gasteiger partial charge in [-0.15, -0.1) is 11.3 Å². The minimum Gasteiger partial charge on any atom is -0.456 e. The zero-order valence-electron chi connectivity index (χ0n) is 30.4. The van der Waals surface area contributed by atoms with Gasteiger partial charge in [-0.2, -0.15) is 0 Å². The predicted molar refractivity (Wildman–Crippen MR) is 236 cm³/mol. The van der Waals surface area contributed by atoms with Crippen molar-refractivity contribution in [2.75, 3.05) is 0 Å². The molecule has 0 aliphatic heterocycles. The van der Waals surface area contributed by atoms with E-state index < -0.39 is 0 Å². The van der Waals surface area contributed by atoms with Gasteiger partial charge >= 0.3 is 0 Å². The standard InChI is InChI=1S/C51H30N4OS/c1-3-12-31(13-4-1)49-52-50(32-14-5-2-6-15-32)54-51(53-49)34-22-25-39-42-28-33(23-27-45(42)56-46(39)29-34)36-18-11-19-41-40-26-24-35(30-47(40)57-48(36)41)55-43-20-9-7-16-37(43)38-17-8-10-21-44(38)55/h1-30H. The lowest BCUT2D eigenvalue weighted by Gasteiger charge is -2.08. The normalized spacial score (nSPS) is 11.9. The molecule has 0 saturated heterocycles. The van der Waals surface area contributed by atoms with Crippen LogP contribution < -0.4 is 0 Å². The van der Waals surface area contributed by atoms with Crippen molar-refractivity contribution >= 4 is 75.3 Å². The van der Waals surface area contributed by atoms with Gasteiger partial charge in [0.25, 0.3) is 0 Å². The summed E-state index contributed by atoms with van der Waals surface area (Å²) in [5, 5.41) is 7.20. The highest BCUT2D eigenvalue weighted by molar-refractivity contribution is 7.26. The Balaban J connectivity index is 0.957. The van der Waals surface area contributed by atoms with Crippen LogP contribution in [0.3, 0.4) is 0 Å². The Hall–Kier alpha value is -7.41. The number of para-hydroxylation sites is 2. The molecule has 6 heteroatoms. The van der Waals surface area contributed by atoms with Crippen LogP contribution in [0.15, 0.2) is 186 Å². The maximum atomic E-state index is 6.51. The Labute approximate surface area is 330 Å². The van der Waals surface area contributed by atoms with Crippen LogP contribution in [0.5, 0.6) is 0 Å². The van der Waals surface area contributed by atoms with Gasteiger partial charge in [-0.25, -0.2) is 15.0 Å². The predicted octanol–water partition coefficient (Wildman–Crippen LogP) is 13.9. The quantitative estimate of drug-likeness (QED) is 0.176. The third kappa shape index (κ3) is 5.12. The second-order valence-electron chi connectivity index (χ2n) is 14.4. The Morgan fingerprint density at radius 2 is 0.982 bits per heavy atom. The van der Waals surface area contributed by atoms with Gasteiger partial charge in [0.1, 0.15) is 11.2 Å². The van der Waals surface area contributed by atoms with Crippen molar-refractivity contribution in [3.8, 4) is 51.0 Å². The average molecular weight is 747 g/mol. The third-order valence-electron chi connectivity index (χ3n) is 11.1. The molecule has 0 radical (unpaired) electrons. The summed E-state index contributed by atoms with van der Waals surface area (Å²) in [6.07, 6.45) is 0. The van der Waals surface area contributed by atoms with E-state index in [1.807, 2.05) is 72.0 Å². The molecule has 0 unspecified atom stereocenters. The van der Waals surface area contributed by atoms with Crippen molar-refractivity contribution in [1.29, 1.82) is 0 Å². The molecule has 0 N–H and O–H groups in total. The Morgan fingerprint density at radius 3 is 1.68 bits per heavy atom. The van der Waals surface area contributed by atoms with Crippen molar-refractivity contribution in [2.24, 2.45) is 0 Å². The molecule has 57 heavy (non-hydrogen) atoms. The molecule has 0 bridgehead atoms. The first-order valence-electron chi connectivity index (χ1n) is 19.0. The summed E-state index contributed by atoms with van der Waals surface area (Å²) >= 11 is 1.86. The first-order valence-corrected chi connectivity index (χ1v) is 19.8. The van der Waals surface area contributed by atoms with E-state index in [9.17, 15) is 0 Å². The maximum absolute atomic E-state index is 6.51. The Morgan fingerprint density at radius 1 is 0.386 bits per heavy atom. The van der Waals surface area contributed by atoms with Crippen molar-refractivity contribution in [1.82, 2.24) is 19.5 Å². The first-order chi connectivity index (χ1) is 28.2. The van der Waals surface area contributed by atoms with Crippen LogP contribution in [-0.2, 0) is 0 Å². The molecule has 0 saturated carbocycles. The molecule has 0 spiro atoms. The molecule has 0 aliphatic rings. The summed E-state index contributed by atoms with van der Waals surface area (Å²) in [5.74, 6) is 1.86. The topological polar surface area (TPSA) is 56.7 Å². The first kappa shape index (κ1) is 31.9. The van der Waals surface area contributed by atoms with Gasteiger partial charge in [0.2, 0.25) is 0 Å². The molecule has 12 rings (SSSR count). The molecule has 4 aromatic heterocycles. The monoisotopic (exact) mass is 746 g/mol. The number of aromatic nitrogens is 4. The van der Waals surface area contributed by atoms with Crippen LogP contribution in [0.4, 0.5) is 0 Å². The molecule has 0 aliphatic carbocycles. The Kier molecular flexibility index (Phi) is 7.03. The van der Waals surface area contributed by atoms with E-state index >= 15 is 0 Å². The molecule has 0 amide bonds. The summed E-state index contributed by atoms with van der Waals surface area (Å²) in [6.45, 7) is 0. The highest BCUT2D eigenvalue weighted by Gasteiger charge is 2.18. The number of benzene rings is 8. The van der Waals surface area contributed by atoms with Crippen LogP contribution >= 0.6 is 11.3 Å². The number of fused-ring (bicyclic) bond motifs is 9. The largest absolute Gasteiger partial charge is 0.456 e. The molecule has 12 aromatic rings. The van der Waals surface area contributed by atoms with Gasteiger partial charge in [0.05, 0.1) is 11.0 Å². The van der Waals surface area contributed by atoms with E-state index in [1.54, 1.807) is 0 Å². The van der Waals surface area contributed by atoms with Gasteiger partial charge in [0.15, 0.2) is 17.5 Å². The fourth-order valence-electron chi connectivity index (χ4n) is 8.38. The molecule has 5 nitrogen and oxygen atoms in total. The zero-order chi connectivity index (χ0) is 37.5. The fourth-order valence-corrected chi connectivity index (χ4v) is 9.65. The summed E-state index contributed by atoms with van der Waals surface area (Å²) in [4.78, 5) is 14.7. The van der Waals surface area contributed by atoms with E-state index in [0.29, 0.717) is 17.5 Å². The molecular formula is C51H30N4OS. The number of hydrogen-bond acceptors (Lipinski definition) is 5. The van der Waals surface area contributed by atoms with Crippen LogP contribution in [0.1, 0.15) is 0 Å². The zero-order valence-corrected chi connectivity index (χ0v) is 31.2. The third-order valence-corrected chi connectivity index (χ3v) is 12.3. The van der Waals surface area contributed by atoms with Gasteiger partial charge < -0.3 is 8.98 Å². The van der Waals surface area contributed by atoms with Gasteiger partial charge in [-0.05, 0) is 59.7 Å². The lowest BCUT2D eigenvalue weighted by molar-refractivity contribution is 0.669. The number of hydrogen-bond donors (Lipinski definition) is 0. The summed E-state index contributed by atoms with van der Waals surface area (Å²) in [7, 11) is 0. The number of thiophene rings is 1. The molecule has 266 valence electrons. The average Bonchev–Trinajstić information content (AvgIpc) is 3.95. The Bertz CT molecular complexity index is 3420. The van der Waals surface area contributed by atoms with E-state index in [-0.39, 0.29) is 0 Å². The van der Waals surface area contributed by atoms with Gasteiger partial charge in [0, 0.05) is 64.1 Å². The fraction of sp³-hybridized carbons (Fsp3) is 0. The number of nitrogens with zero attached hydrogens (tertiary/aromatic N) is 4. The van der Waals surface area contributed by atoms with E-state index in [1.165, 1.54) is 53.2 Å². The van der Waals surface area contributed by atoms with Crippen LogP contribution in [-0.4, -0.2) is 19.5 Å². The van der Waals surface area contributed by atoms with E-state index in [4.69, 9.17) is 19.4 Å². The summed E-state index contributed by atoms with van der Waals surface area (Å²) in [6, 6.07) is 63.9. The van der Waals surface area contributed by atoms with Crippen molar-refractivity contribution < 1.29 is 4.42 Å². The van der Waals surface area contributed by atoms with E-state index in [0.717, 1.165) is 44.2 Å². The number of furan rings is 1. The molecule has 0 atom stereocenters. The molecule has 0 fully saturated rings. The minimum absolute atomic E-state index is 0.600. The van der Waals surface area contributed by atoms with Crippen molar-refractivity contribution in [3.63, 3.8) is 0 Å².